The number of carbonyl (C=O) groups excluding carboxylic acids is 2. The largest absolute Gasteiger partial charge is 0.508 e. The number of benzene rings is 1. The predicted octanol–water partition coefficient (Wildman–Crippen LogP) is 4.76. The smallest absolute Gasteiger partial charge is 0.326 e. The van der Waals surface area contributed by atoms with Crippen LogP contribution in [0.5, 0.6) is 5.75 Å². The van der Waals surface area contributed by atoms with E-state index in [1.807, 2.05) is 33.8 Å². The van der Waals surface area contributed by atoms with Crippen molar-refractivity contribution in [2.45, 2.75) is 60.5 Å². The first kappa shape index (κ1) is 24.2. The molecule has 29 heavy (non-hydrogen) atoms. The molecule has 1 rings (SSSR count). The maximum absolute atomic E-state index is 12.0. The lowest BCUT2D eigenvalue weighted by Gasteiger charge is -2.22. The summed E-state index contributed by atoms with van der Waals surface area (Å²) < 4.78 is 5.25. The van der Waals surface area contributed by atoms with Gasteiger partial charge in [0, 0.05) is 5.70 Å². The molecular weight excluding hydrogens is 366 g/mol. The van der Waals surface area contributed by atoms with Crippen molar-refractivity contribution in [1.29, 1.82) is 0 Å². The standard InChI is InChI=1S/C24H33NO4/c1-16(17(2)11-21-13-22(27)12-18(3)20(21)5)9-10-19(4)25(15-26)14-23(28)29-24(6,7)8/h9-10,12-13,15,27H,4,11,14H2,1-3,5-8H3/b10-9-,17-16-. The lowest BCUT2D eigenvalue weighted by Crippen LogP contribution is -2.33. The van der Waals surface area contributed by atoms with E-state index >= 15 is 0 Å². The lowest BCUT2D eigenvalue weighted by atomic mass is 9.95. The Balaban J connectivity index is 2.87. The molecule has 1 aromatic carbocycles. The van der Waals surface area contributed by atoms with Crippen LogP contribution in [-0.2, 0) is 20.7 Å². The fourth-order valence-electron chi connectivity index (χ4n) is 2.70. The van der Waals surface area contributed by atoms with E-state index in [-0.39, 0.29) is 12.3 Å². The number of aryl methyl sites for hydroxylation is 1. The van der Waals surface area contributed by atoms with Gasteiger partial charge in [0.1, 0.15) is 17.9 Å². The molecule has 0 aliphatic rings. The van der Waals surface area contributed by atoms with Crippen LogP contribution in [-0.4, -0.2) is 34.5 Å². The van der Waals surface area contributed by atoms with Gasteiger partial charge >= 0.3 is 5.97 Å². The molecule has 0 radical (unpaired) electrons. The number of aromatic hydroxyl groups is 1. The minimum atomic E-state index is -0.610. The van der Waals surface area contributed by atoms with Crippen LogP contribution in [0.3, 0.4) is 0 Å². The van der Waals surface area contributed by atoms with E-state index in [4.69, 9.17) is 4.74 Å². The average Bonchev–Trinajstić information content (AvgIpc) is 2.59. The highest BCUT2D eigenvalue weighted by Crippen LogP contribution is 2.24. The van der Waals surface area contributed by atoms with E-state index in [0.717, 1.165) is 27.8 Å². The summed E-state index contributed by atoms with van der Waals surface area (Å²) in [7, 11) is 0. The van der Waals surface area contributed by atoms with E-state index in [2.05, 4.69) is 6.58 Å². The molecule has 5 heteroatoms. The number of carbonyl (C=O) groups is 2. The number of amides is 1. The molecule has 1 amide bonds. The molecule has 1 N–H and O–H groups in total. The number of phenolic OH excluding ortho intramolecular Hbond substituents is 1. The summed E-state index contributed by atoms with van der Waals surface area (Å²) in [4.78, 5) is 24.5. The van der Waals surface area contributed by atoms with E-state index in [1.54, 1.807) is 39.0 Å². The second-order valence-corrected chi connectivity index (χ2v) is 8.33. The van der Waals surface area contributed by atoms with Crippen LogP contribution in [0.4, 0.5) is 0 Å². The first-order valence-electron chi connectivity index (χ1n) is 9.60. The van der Waals surface area contributed by atoms with Gasteiger partial charge in [-0.25, -0.2) is 0 Å². The Bertz CT molecular complexity index is 841. The number of hydrogen-bond donors (Lipinski definition) is 1. The summed E-state index contributed by atoms with van der Waals surface area (Å²) in [6, 6.07) is 3.55. The highest BCUT2D eigenvalue weighted by atomic mass is 16.6. The number of ether oxygens (including phenoxy) is 1. The van der Waals surface area contributed by atoms with Crippen molar-refractivity contribution in [3.8, 4) is 5.75 Å². The molecule has 0 saturated heterocycles. The van der Waals surface area contributed by atoms with Crippen LogP contribution in [0, 0.1) is 13.8 Å². The molecule has 0 aliphatic heterocycles. The van der Waals surface area contributed by atoms with Crippen molar-refractivity contribution < 1.29 is 19.4 Å². The van der Waals surface area contributed by atoms with Crippen LogP contribution < -0.4 is 0 Å². The number of hydrogen-bond acceptors (Lipinski definition) is 4. The molecule has 0 aliphatic carbocycles. The molecule has 0 spiro atoms. The van der Waals surface area contributed by atoms with Crippen molar-refractivity contribution in [2.24, 2.45) is 0 Å². The summed E-state index contributed by atoms with van der Waals surface area (Å²) in [6.07, 6.45) is 4.85. The zero-order valence-electron chi connectivity index (χ0n) is 18.6. The highest BCUT2D eigenvalue weighted by Gasteiger charge is 2.19. The van der Waals surface area contributed by atoms with Crippen LogP contribution >= 0.6 is 0 Å². The molecule has 0 heterocycles. The third-order valence-electron chi connectivity index (χ3n) is 4.63. The molecule has 0 fully saturated rings. The first-order chi connectivity index (χ1) is 13.3. The number of nitrogens with zero attached hydrogens (tertiary/aromatic N) is 1. The quantitative estimate of drug-likeness (QED) is 0.389. The van der Waals surface area contributed by atoms with Crippen LogP contribution in [0.2, 0.25) is 0 Å². The molecule has 0 unspecified atom stereocenters. The maximum atomic E-state index is 12.0. The van der Waals surface area contributed by atoms with E-state index < -0.39 is 11.6 Å². The SMILES string of the molecule is C=C(/C=C\C(C)=C(\C)Cc1cc(O)cc(C)c1C)N(C=O)CC(=O)OC(C)(C)C. The summed E-state index contributed by atoms with van der Waals surface area (Å²) in [5.41, 5.74) is 5.24. The monoisotopic (exact) mass is 399 g/mol. The minimum Gasteiger partial charge on any atom is -0.508 e. The van der Waals surface area contributed by atoms with Gasteiger partial charge in [-0.05, 0) is 89.8 Å². The minimum absolute atomic E-state index is 0.187. The Morgan fingerprint density at radius 1 is 1.21 bits per heavy atom. The van der Waals surface area contributed by atoms with Crippen LogP contribution in [0.15, 0.2) is 47.7 Å². The molecule has 5 nitrogen and oxygen atoms in total. The van der Waals surface area contributed by atoms with Gasteiger partial charge in [-0.1, -0.05) is 23.8 Å². The molecule has 0 bridgehead atoms. The third-order valence-corrected chi connectivity index (χ3v) is 4.63. The zero-order chi connectivity index (χ0) is 22.4. The summed E-state index contributed by atoms with van der Waals surface area (Å²) in [6.45, 7) is 17.0. The average molecular weight is 400 g/mol. The van der Waals surface area contributed by atoms with Gasteiger partial charge in [-0.3, -0.25) is 9.59 Å². The van der Waals surface area contributed by atoms with Gasteiger partial charge < -0.3 is 14.7 Å². The Labute approximate surface area is 174 Å². The van der Waals surface area contributed by atoms with E-state index in [0.29, 0.717) is 18.5 Å². The van der Waals surface area contributed by atoms with Crippen molar-refractivity contribution >= 4 is 12.4 Å². The Hall–Kier alpha value is -2.82. The summed E-state index contributed by atoms with van der Waals surface area (Å²) in [5.74, 6) is -0.224. The first-order valence-corrected chi connectivity index (χ1v) is 9.60. The number of allylic oxidation sites excluding steroid dienone is 4. The lowest BCUT2D eigenvalue weighted by molar-refractivity contribution is -0.156. The maximum Gasteiger partial charge on any atom is 0.326 e. The van der Waals surface area contributed by atoms with Crippen molar-refractivity contribution in [2.75, 3.05) is 6.54 Å². The van der Waals surface area contributed by atoms with Gasteiger partial charge in [0.05, 0.1) is 0 Å². The van der Waals surface area contributed by atoms with Gasteiger partial charge in [0.2, 0.25) is 6.41 Å². The van der Waals surface area contributed by atoms with Gasteiger partial charge in [0.25, 0.3) is 0 Å². The van der Waals surface area contributed by atoms with Crippen LogP contribution in [0.1, 0.15) is 51.3 Å². The molecular formula is C24H33NO4. The fraction of sp³-hybridized carbons (Fsp3) is 0.417. The molecule has 0 atom stereocenters. The zero-order valence-corrected chi connectivity index (χ0v) is 18.6. The number of esters is 1. The number of phenols is 1. The van der Waals surface area contributed by atoms with Crippen molar-refractivity contribution in [3.05, 3.63) is 64.4 Å². The third kappa shape index (κ3) is 7.98. The summed E-state index contributed by atoms with van der Waals surface area (Å²) in [5, 5.41) is 9.86. The van der Waals surface area contributed by atoms with E-state index in [9.17, 15) is 14.7 Å². The van der Waals surface area contributed by atoms with Crippen molar-refractivity contribution in [3.63, 3.8) is 0 Å². The Morgan fingerprint density at radius 3 is 2.38 bits per heavy atom. The highest BCUT2D eigenvalue weighted by molar-refractivity contribution is 5.75. The second kappa shape index (κ2) is 10.1. The Kier molecular flexibility index (Phi) is 8.43. The number of rotatable bonds is 8. The molecule has 0 saturated carbocycles. The topological polar surface area (TPSA) is 66.8 Å². The molecule has 158 valence electrons. The van der Waals surface area contributed by atoms with Gasteiger partial charge in [-0.15, -0.1) is 0 Å². The van der Waals surface area contributed by atoms with Crippen LogP contribution in [0.25, 0.3) is 0 Å². The Morgan fingerprint density at radius 2 is 1.83 bits per heavy atom. The van der Waals surface area contributed by atoms with Gasteiger partial charge in [0.15, 0.2) is 0 Å². The van der Waals surface area contributed by atoms with Gasteiger partial charge in [-0.2, -0.15) is 0 Å². The summed E-state index contributed by atoms with van der Waals surface area (Å²) >= 11 is 0. The fourth-order valence-corrected chi connectivity index (χ4v) is 2.70. The molecule has 1 aromatic rings. The normalized spacial score (nSPS) is 12.5. The molecule has 0 aromatic heterocycles. The van der Waals surface area contributed by atoms with Crippen molar-refractivity contribution in [1.82, 2.24) is 4.90 Å². The predicted molar refractivity (Wildman–Crippen MR) is 117 cm³/mol. The second-order valence-electron chi connectivity index (χ2n) is 8.33. The van der Waals surface area contributed by atoms with E-state index in [1.165, 1.54) is 4.90 Å².